The Labute approximate surface area is 114 Å². The smallest absolute Gasteiger partial charge is 0.217 e. The molecule has 0 radical (unpaired) electrons. The second-order valence-corrected chi connectivity index (χ2v) is 9.68. The molecule has 2 rings (SSSR count). The lowest BCUT2D eigenvalue weighted by Gasteiger charge is -2.35. The molecule has 19 heavy (non-hydrogen) atoms. The zero-order valence-corrected chi connectivity index (χ0v) is 12.3. The summed E-state index contributed by atoms with van der Waals surface area (Å²) in [5.41, 5.74) is 0. The zero-order chi connectivity index (χ0) is 14.1. The average molecular weight is 309 g/mol. The van der Waals surface area contributed by atoms with Gasteiger partial charge in [0, 0.05) is 6.54 Å². The molecular weight excluding hydrogens is 290 g/mol. The Bertz CT molecular complexity index is 525. The molecule has 0 spiro atoms. The molecule has 6 nitrogen and oxygen atoms in total. The molecule has 0 aromatic heterocycles. The number of aldehydes is 1. The summed E-state index contributed by atoms with van der Waals surface area (Å²) >= 11 is 0. The van der Waals surface area contributed by atoms with Gasteiger partial charge in [-0.1, -0.05) is 6.42 Å². The zero-order valence-electron chi connectivity index (χ0n) is 10.7. The maximum Gasteiger partial charge on any atom is 0.217 e. The third kappa shape index (κ3) is 3.17. The summed E-state index contributed by atoms with van der Waals surface area (Å²) in [5.74, 6) is -0.146. The van der Waals surface area contributed by atoms with Gasteiger partial charge in [-0.05, 0) is 25.7 Å². The number of hydrogen-bond acceptors (Lipinski definition) is 5. The highest BCUT2D eigenvalue weighted by molar-refractivity contribution is 7.92. The van der Waals surface area contributed by atoms with Crippen molar-refractivity contribution >= 4 is 26.1 Å². The topological polar surface area (TPSA) is 88.6 Å². The first-order valence-electron chi connectivity index (χ1n) is 6.53. The van der Waals surface area contributed by atoms with E-state index in [0.29, 0.717) is 19.3 Å². The first kappa shape index (κ1) is 14.9. The number of hydrogen-bond donors (Lipinski definition) is 0. The van der Waals surface area contributed by atoms with E-state index >= 15 is 0 Å². The second kappa shape index (κ2) is 5.49. The van der Waals surface area contributed by atoms with E-state index < -0.39 is 31.2 Å². The van der Waals surface area contributed by atoms with E-state index in [0.717, 1.165) is 12.8 Å². The summed E-state index contributed by atoms with van der Waals surface area (Å²) in [6, 6.07) is -0.572. The van der Waals surface area contributed by atoms with Gasteiger partial charge in [0.2, 0.25) is 10.0 Å². The fourth-order valence-electron chi connectivity index (χ4n) is 2.74. The molecule has 0 bridgehead atoms. The number of rotatable bonds is 3. The third-order valence-corrected chi connectivity index (χ3v) is 8.04. The largest absolute Gasteiger partial charge is 0.302 e. The molecule has 8 heteroatoms. The molecular formula is C11H19NO5S2. The molecule has 0 amide bonds. The van der Waals surface area contributed by atoms with Crippen LogP contribution in [-0.2, 0) is 24.7 Å². The number of carbonyl (C=O) groups is 1. The van der Waals surface area contributed by atoms with Crippen molar-refractivity contribution in [2.45, 2.75) is 43.4 Å². The lowest BCUT2D eigenvalue weighted by Crippen LogP contribution is -2.50. The number of sulfonamides is 1. The van der Waals surface area contributed by atoms with Crippen LogP contribution in [0.25, 0.3) is 0 Å². The highest BCUT2D eigenvalue weighted by atomic mass is 32.2. The van der Waals surface area contributed by atoms with Gasteiger partial charge >= 0.3 is 0 Å². The van der Waals surface area contributed by atoms with Crippen molar-refractivity contribution in [3.63, 3.8) is 0 Å². The van der Waals surface area contributed by atoms with Crippen LogP contribution in [0.4, 0.5) is 0 Å². The van der Waals surface area contributed by atoms with Gasteiger partial charge in [-0.25, -0.2) is 16.8 Å². The van der Waals surface area contributed by atoms with Crippen LogP contribution in [0.15, 0.2) is 0 Å². The normalized spacial score (nSPS) is 30.0. The van der Waals surface area contributed by atoms with Crippen LogP contribution in [0.2, 0.25) is 0 Å². The Morgan fingerprint density at radius 3 is 2.26 bits per heavy atom. The quantitative estimate of drug-likeness (QED) is 0.682. The summed E-state index contributed by atoms with van der Waals surface area (Å²) < 4.78 is 49.0. The Kier molecular flexibility index (Phi) is 4.32. The molecule has 2 fully saturated rings. The summed E-state index contributed by atoms with van der Waals surface area (Å²) in [6.07, 6.45) is 3.16. The maximum atomic E-state index is 12.5. The lowest BCUT2D eigenvalue weighted by atomic mass is 10.1. The molecule has 2 aliphatic rings. The van der Waals surface area contributed by atoms with Crippen LogP contribution in [-0.4, -0.2) is 56.8 Å². The molecule has 2 saturated heterocycles. The van der Waals surface area contributed by atoms with Gasteiger partial charge in [0.25, 0.3) is 0 Å². The second-order valence-electron chi connectivity index (χ2n) is 5.21. The molecule has 0 aliphatic carbocycles. The van der Waals surface area contributed by atoms with Gasteiger partial charge in [0.1, 0.15) is 16.1 Å². The van der Waals surface area contributed by atoms with E-state index in [1.165, 1.54) is 4.31 Å². The molecule has 0 saturated carbocycles. The van der Waals surface area contributed by atoms with Gasteiger partial charge in [0.15, 0.2) is 0 Å². The summed E-state index contributed by atoms with van der Waals surface area (Å²) in [6.45, 7) is 0.370. The van der Waals surface area contributed by atoms with Crippen LogP contribution >= 0.6 is 0 Å². The summed E-state index contributed by atoms with van der Waals surface area (Å²) in [7, 11) is -6.64. The Morgan fingerprint density at radius 1 is 1.05 bits per heavy atom. The maximum absolute atomic E-state index is 12.5. The molecule has 1 atom stereocenters. The number of sulfone groups is 1. The molecule has 0 aromatic rings. The van der Waals surface area contributed by atoms with Gasteiger partial charge in [-0.15, -0.1) is 0 Å². The fourth-order valence-corrected chi connectivity index (χ4v) is 6.66. The fraction of sp³-hybridized carbons (Fsp3) is 0.909. The van der Waals surface area contributed by atoms with Gasteiger partial charge in [-0.2, -0.15) is 4.31 Å². The van der Waals surface area contributed by atoms with E-state index in [9.17, 15) is 21.6 Å². The van der Waals surface area contributed by atoms with Gasteiger partial charge in [0.05, 0.1) is 22.8 Å². The van der Waals surface area contributed by atoms with Crippen molar-refractivity contribution in [3.05, 3.63) is 0 Å². The number of carbonyl (C=O) groups excluding carboxylic acids is 1. The molecule has 0 N–H and O–H groups in total. The Hall–Kier alpha value is -0.470. The van der Waals surface area contributed by atoms with Gasteiger partial charge < -0.3 is 4.79 Å². The van der Waals surface area contributed by atoms with E-state index in [2.05, 4.69) is 0 Å². The van der Waals surface area contributed by atoms with Crippen LogP contribution in [0, 0.1) is 0 Å². The first-order chi connectivity index (χ1) is 8.87. The third-order valence-electron chi connectivity index (χ3n) is 3.91. The molecule has 0 aromatic carbocycles. The number of piperidine rings is 1. The van der Waals surface area contributed by atoms with Crippen molar-refractivity contribution in [1.82, 2.24) is 4.31 Å². The number of nitrogens with zero attached hydrogens (tertiary/aromatic N) is 1. The van der Waals surface area contributed by atoms with Crippen molar-refractivity contribution in [1.29, 1.82) is 0 Å². The minimum Gasteiger partial charge on any atom is -0.302 e. The SMILES string of the molecule is O=CC1CCCCN1S(=O)(=O)C1CCS(=O)(=O)CC1. The molecule has 1 unspecified atom stereocenters. The van der Waals surface area contributed by atoms with Crippen molar-refractivity contribution in [2.75, 3.05) is 18.1 Å². The monoisotopic (exact) mass is 309 g/mol. The van der Waals surface area contributed by atoms with Crippen molar-refractivity contribution in [3.8, 4) is 0 Å². The average Bonchev–Trinajstić information content (AvgIpc) is 2.38. The van der Waals surface area contributed by atoms with Gasteiger partial charge in [-0.3, -0.25) is 0 Å². The Morgan fingerprint density at radius 2 is 1.68 bits per heavy atom. The van der Waals surface area contributed by atoms with E-state index in [1.54, 1.807) is 0 Å². The van der Waals surface area contributed by atoms with Crippen LogP contribution < -0.4 is 0 Å². The lowest BCUT2D eigenvalue weighted by molar-refractivity contribution is -0.111. The minimum absolute atomic E-state index is 0.0729. The standard InChI is InChI=1S/C11H19NO5S2/c13-9-10-3-1-2-6-12(10)19(16,17)11-4-7-18(14,15)8-5-11/h9-11H,1-8H2. The van der Waals surface area contributed by atoms with E-state index in [4.69, 9.17) is 0 Å². The Balaban J connectivity index is 2.15. The minimum atomic E-state index is -3.56. The summed E-state index contributed by atoms with van der Waals surface area (Å²) in [5, 5.41) is -0.656. The molecule has 2 heterocycles. The van der Waals surface area contributed by atoms with E-state index in [-0.39, 0.29) is 24.3 Å². The van der Waals surface area contributed by atoms with E-state index in [1.807, 2.05) is 0 Å². The highest BCUT2D eigenvalue weighted by Crippen LogP contribution is 2.27. The first-order valence-corrected chi connectivity index (χ1v) is 9.86. The highest BCUT2D eigenvalue weighted by Gasteiger charge is 2.40. The predicted molar refractivity (Wildman–Crippen MR) is 71.0 cm³/mol. The predicted octanol–water partition coefficient (Wildman–Crippen LogP) is -0.0532. The summed E-state index contributed by atoms with van der Waals surface area (Å²) in [4.78, 5) is 11.0. The van der Waals surface area contributed by atoms with Crippen LogP contribution in [0.5, 0.6) is 0 Å². The van der Waals surface area contributed by atoms with Crippen LogP contribution in [0.1, 0.15) is 32.1 Å². The van der Waals surface area contributed by atoms with Crippen molar-refractivity contribution < 1.29 is 21.6 Å². The molecule has 110 valence electrons. The van der Waals surface area contributed by atoms with Crippen molar-refractivity contribution in [2.24, 2.45) is 0 Å². The molecule has 2 aliphatic heterocycles. The van der Waals surface area contributed by atoms with Crippen LogP contribution in [0.3, 0.4) is 0 Å².